The molecule has 0 spiro atoms. The summed E-state index contributed by atoms with van der Waals surface area (Å²) < 4.78 is 0. The summed E-state index contributed by atoms with van der Waals surface area (Å²) in [6.07, 6.45) is 8.07. The standard InChI is InChI=1S/C20H26N2O2/c1-3-5-7-19(23)21-17-11-9-16(10-12-17)15-22(18-13-14-18)20(24)8-6-4-2/h3-4,9-12,18H,1-2,5-8,13-15H2,(H,21,23). The third-order valence-corrected chi connectivity index (χ3v) is 4.04. The Hall–Kier alpha value is -2.36. The van der Waals surface area contributed by atoms with Crippen molar-refractivity contribution in [1.82, 2.24) is 4.90 Å². The topological polar surface area (TPSA) is 49.4 Å². The Bertz CT molecular complexity index is 588. The summed E-state index contributed by atoms with van der Waals surface area (Å²) in [4.78, 5) is 26.0. The highest BCUT2D eigenvalue weighted by Crippen LogP contribution is 2.29. The monoisotopic (exact) mass is 326 g/mol. The first-order valence-electron chi connectivity index (χ1n) is 8.54. The average molecular weight is 326 g/mol. The molecule has 0 heterocycles. The number of allylic oxidation sites excluding steroid dienone is 2. The van der Waals surface area contributed by atoms with E-state index in [0.717, 1.165) is 30.5 Å². The number of nitrogens with zero attached hydrogens (tertiary/aromatic N) is 1. The summed E-state index contributed by atoms with van der Waals surface area (Å²) in [7, 11) is 0. The molecule has 128 valence electrons. The van der Waals surface area contributed by atoms with Crippen molar-refractivity contribution < 1.29 is 9.59 Å². The van der Waals surface area contributed by atoms with Crippen molar-refractivity contribution in [1.29, 1.82) is 0 Å². The van der Waals surface area contributed by atoms with Gasteiger partial charge in [-0.1, -0.05) is 24.3 Å². The average Bonchev–Trinajstić information content (AvgIpc) is 3.42. The molecule has 4 heteroatoms. The van der Waals surface area contributed by atoms with Crippen LogP contribution in [0, 0.1) is 0 Å². The van der Waals surface area contributed by atoms with Gasteiger partial charge in [-0.25, -0.2) is 0 Å². The predicted molar refractivity (Wildman–Crippen MR) is 97.5 cm³/mol. The van der Waals surface area contributed by atoms with Crippen molar-refractivity contribution in [3.63, 3.8) is 0 Å². The minimum absolute atomic E-state index is 0.0122. The lowest BCUT2D eigenvalue weighted by Crippen LogP contribution is -2.32. The molecule has 0 saturated heterocycles. The fraction of sp³-hybridized carbons (Fsp3) is 0.400. The second kappa shape index (κ2) is 9.06. The van der Waals surface area contributed by atoms with Crippen LogP contribution in [-0.2, 0) is 16.1 Å². The molecule has 2 amide bonds. The molecule has 0 atom stereocenters. The van der Waals surface area contributed by atoms with Crippen LogP contribution in [0.25, 0.3) is 0 Å². The minimum Gasteiger partial charge on any atom is -0.335 e. The van der Waals surface area contributed by atoms with Gasteiger partial charge in [-0.3, -0.25) is 9.59 Å². The fourth-order valence-electron chi connectivity index (χ4n) is 2.52. The molecule has 0 aliphatic heterocycles. The summed E-state index contributed by atoms with van der Waals surface area (Å²) >= 11 is 0. The summed E-state index contributed by atoms with van der Waals surface area (Å²) in [5.74, 6) is 0.182. The molecule has 1 aromatic rings. The molecular formula is C20H26N2O2. The fourth-order valence-corrected chi connectivity index (χ4v) is 2.52. The van der Waals surface area contributed by atoms with Gasteiger partial charge in [0.05, 0.1) is 0 Å². The van der Waals surface area contributed by atoms with Crippen LogP contribution in [0.15, 0.2) is 49.6 Å². The van der Waals surface area contributed by atoms with Crippen LogP contribution < -0.4 is 5.32 Å². The van der Waals surface area contributed by atoms with E-state index in [1.165, 1.54) is 0 Å². The lowest BCUT2D eigenvalue weighted by Gasteiger charge is -2.22. The highest BCUT2D eigenvalue weighted by atomic mass is 16.2. The largest absolute Gasteiger partial charge is 0.335 e. The van der Waals surface area contributed by atoms with E-state index in [-0.39, 0.29) is 11.8 Å². The van der Waals surface area contributed by atoms with E-state index in [2.05, 4.69) is 18.5 Å². The van der Waals surface area contributed by atoms with Crippen LogP contribution in [0.4, 0.5) is 5.69 Å². The predicted octanol–water partition coefficient (Wildman–Crippen LogP) is 4.05. The normalized spacial score (nSPS) is 13.2. The van der Waals surface area contributed by atoms with Crippen molar-refractivity contribution in [3.05, 3.63) is 55.1 Å². The summed E-state index contributed by atoms with van der Waals surface area (Å²) in [6, 6.07) is 8.11. The SMILES string of the molecule is C=CCCC(=O)Nc1ccc(CN(C(=O)CCC=C)C2CC2)cc1. The number of hydrogen-bond acceptors (Lipinski definition) is 2. The number of hydrogen-bond donors (Lipinski definition) is 1. The maximum atomic E-state index is 12.3. The van der Waals surface area contributed by atoms with Gasteiger partial charge < -0.3 is 10.2 Å². The minimum atomic E-state index is -0.0122. The molecule has 1 aliphatic rings. The van der Waals surface area contributed by atoms with Gasteiger partial charge in [0, 0.05) is 31.1 Å². The molecule has 0 radical (unpaired) electrons. The molecular weight excluding hydrogens is 300 g/mol. The van der Waals surface area contributed by atoms with Crippen molar-refractivity contribution in [2.45, 2.75) is 51.1 Å². The molecule has 1 aromatic carbocycles. The number of carbonyl (C=O) groups excluding carboxylic acids is 2. The zero-order chi connectivity index (χ0) is 17.4. The highest BCUT2D eigenvalue weighted by Gasteiger charge is 2.31. The first-order valence-corrected chi connectivity index (χ1v) is 8.54. The third-order valence-electron chi connectivity index (χ3n) is 4.04. The van der Waals surface area contributed by atoms with Crippen LogP contribution in [0.5, 0.6) is 0 Å². The smallest absolute Gasteiger partial charge is 0.224 e. The number of amides is 2. The molecule has 24 heavy (non-hydrogen) atoms. The molecule has 0 unspecified atom stereocenters. The van der Waals surface area contributed by atoms with E-state index in [9.17, 15) is 9.59 Å². The Labute approximate surface area is 144 Å². The molecule has 0 bridgehead atoms. The maximum absolute atomic E-state index is 12.3. The second-order valence-electron chi connectivity index (χ2n) is 6.15. The van der Waals surface area contributed by atoms with Gasteiger partial charge in [-0.2, -0.15) is 0 Å². The molecule has 0 aromatic heterocycles. The number of nitrogens with one attached hydrogen (secondary N) is 1. The second-order valence-corrected chi connectivity index (χ2v) is 6.15. The number of carbonyl (C=O) groups is 2. The van der Waals surface area contributed by atoms with E-state index < -0.39 is 0 Å². The van der Waals surface area contributed by atoms with Crippen molar-refractivity contribution in [2.75, 3.05) is 5.32 Å². The van der Waals surface area contributed by atoms with Gasteiger partial charge in [0.2, 0.25) is 11.8 Å². The van der Waals surface area contributed by atoms with Crippen LogP contribution in [0.3, 0.4) is 0 Å². The Morgan fingerprint density at radius 2 is 1.71 bits per heavy atom. The van der Waals surface area contributed by atoms with E-state index in [4.69, 9.17) is 0 Å². The summed E-state index contributed by atoms with van der Waals surface area (Å²) in [5, 5.41) is 2.86. The zero-order valence-electron chi connectivity index (χ0n) is 14.2. The van der Waals surface area contributed by atoms with Crippen LogP contribution in [0.2, 0.25) is 0 Å². The van der Waals surface area contributed by atoms with Crippen molar-refractivity contribution >= 4 is 17.5 Å². The highest BCUT2D eigenvalue weighted by molar-refractivity contribution is 5.90. The Balaban J connectivity index is 1.91. The lowest BCUT2D eigenvalue weighted by atomic mass is 10.1. The van der Waals surface area contributed by atoms with Crippen molar-refractivity contribution in [2.24, 2.45) is 0 Å². The van der Waals surface area contributed by atoms with Gasteiger partial charge in [0.1, 0.15) is 0 Å². The molecule has 2 rings (SSSR count). The van der Waals surface area contributed by atoms with Gasteiger partial charge in [-0.05, 0) is 43.4 Å². The number of anilines is 1. The lowest BCUT2D eigenvalue weighted by molar-refractivity contribution is -0.132. The Kier molecular flexibility index (Phi) is 6.79. The van der Waals surface area contributed by atoms with E-state index >= 15 is 0 Å². The maximum Gasteiger partial charge on any atom is 0.224 e. The van der Waals surface area contributed by atoms with Gasteiger partial charge >= 0.3 is 0 Å². The third kappa shape index (κ3) is 5.69. The van der Waals surface area contributed by atoms with Crippen molar-refractivity contribution in [3.8, 4) is 0 Å². The number of rotatable bonds is 10. The molecule has 1 saturated carbocycles. The van der Waals surface area contributed by atoms with E-state index in [0.29, 0.717) is 31.8 Å². The molecule has 1 aliphatic carbocycles. The molecule has 4 nitrogen and oxygen atoms in total. The van der Waals surface area contributed by atoms with E-state index in [1.807, 2.05) is 29.2 Å². The number of benzene rings is 1. The molecule has 1 N–H and O–H groups in total. The Morgan fingerprint density at radius 1 is 1.08 bits per heavy atom. The van der Waals surface area contributed by atoms with Gasteiger partial charge in [-0.15, -0.1) is 13.2 Å². The first-order chi connectivity index (χ1) is 11.6. The summed E-state index contributed by atoms with van der Waals surface area (Å²) in [6.45, 7) is 7.92. The van der Waals surface area contributed by atoms with Crippen LogP contribution in [0.1, 0.15) is 44.1 Å². The molecule has 1 fully saturated rings. The van der Waals surface area contributed by atoms with Crippen LogP contribution >= 0.6 is 0 Å². The summed E-state index contributed by atoms with van der Waals surface area (Å²) in [5.41, 5.74) is 1.86. The Morgan fingerprint density at radius 3 is 2.29 bits per heavy atom. The first kappa shape index (κ1) is 18.0. The quantitative estimate of drug-likeness (QED) is 0.660. The van der Waals surface area contributed by atoms with Gasteiger partial charge in [0.15, 0.2) is 0 Å². The van der Waals surface area contributed by atoms with E-state index in [1.54, 1.807) is 12.2 Å². The van der Waals surface area contributed by atoms with Crippen LogP contribution in [-0.4, -0.2) is 22.8 Å². The van der Waals surface area contributed by atoms with Gasteiger partial charge in [0.25, 0.3) is 0 Å². The zero-order valence-corrected chi connectivity index (χ0v) is 14.2.